The first-order valence-electron chi connectivity index (χ1n) is 11.4. The first-order chi connectivity index (χ1) is 16.2. The number of H-pyrrole nitrogens is 1. The number of thioether (sulfide) groups is 1. The molecule has 1 fully saturated rings. The third-order valence-corrected chi connectivity index (χ3v) is 13.1. The van der Waals surface area contributed by atoms with Crippen LogP contribution in [0.1, 0.15) is 34.6 Å². The van der Waals surface area contributed by atoms with Crippen molar-refractivity contribution >= 4 is 51.7 Å². The number of rotatable bonds is 8. The summed E-state index contributed by atoms with van der Waals surface area (Å²) in [5, 5.41) is 14.6. The molecule has 2 aliphatic rings. The van der Waals surface area contributed by atoms with Crippen LogP contribution in [-0.2, 0) is 18.3 Å². The van der Waals surface area contributed by atoms with Crippen molar-refractivity contribution in [2.75, 3.05) is 28.8 Å². The molecular weight excluding hydrogens is 513 g/mol. The normalized spacial score (nSPS) is 25.0. The summed E-state index contributed by atoms with van der Waals surface area (Å²) in [6.45, 7) is 13.8. The summed E-state index contributed by atoms with van der Waals surface area (Å²) in [6, 6.07) is 0. The maximum atomic E-state index is 12.7. The van der Waals surface area contributed by atoms with Gasteiger partial charge < -0.3 is 19.7 Å². The molecule has 3 rings (SSSR count). The van der Waals surface area contributed by atoms with Crippen molar-refractivity contribution in [2.24, 2.45) is 5.92 Å². The number of hydrogen-bond acceptors (Lipinski definition) is 10. The van der Waals surface area contributed by atoms with Crippen LogP contribution in [0.2, 0.25) is 18.1 Å². The fourth-order valence-corrected chi connectivity index (χ4v) is 7.03. The quantitative estimate of drug-likeness (QED) is 0.239. The minimum Gasteiger partial charge on any atom is -0.410 e. The van der Waals surface area contributed by atoms with Gasteiger partial charge in [0, 0.05) is 10.5 Å². The highest BCUT2D eigenvalue weighted by Gasteiger charge is 2.56. The second-order valence-electron chi connectivity index (χ2n) is 10.5. The monoisotopic (exact) mass is 548 g/mol. The van der Waals surface area contributed by atoms with Crippen LogP contribution < -0.4 is 21.1 Å². The number of aromatic amines is 1. The molecule has 0 bridgehead atoms. The van der Waals surface area contributed by atoms with Gasteiger partial charge in [0.1, 0.15) is 11.1 Å². The molecule has 2 aliphatic heterocycles. The average molecular weight is 549 g/mol. The van der Waals surface area contributed by atoms with Crippen molar-refractivity contribution in [3.05, 3.63) is 10.4 Å². The number of carbonyl (C=O) groups excluding carboxylic acids is 1. The summed E-state index contributed by atoms with van der Waals surface area (Å²) in [4.78, 5) is 43.2. The van der Waals surface area contributed by atoms with Crippen molar-refractivity contribution in [1.82, 2.24) is 9.97 Å². The highest BCUT2D eigenvalue weighted by molar-refractivity contribution is 8.01. The number of fused-ring (bicyclic) bond motifs is 1. The van der Waals surface area contributed by atoms with E-state index in [-0.39, 0.29) is 47.6 Å². The summed E-state index contributed by atoms with van der Waals surface area (Å²) in [6.07, 6.45) is -1.55. The molecule has 196 valence electrons. The van der Waals surface area contributed by atoms with Gasteiger partial charge in [0.25, 0.3) is 5.56 Å². The lowest BCUT2D eigenvalue weighted by Crippen LogP contribution is -2.51. The third-order valence-electron chi connectivity index (χ3n) is 6.59. The molecule has 5 atom stereocenters. The van der Waals surface area contributed by atoms with Gasteiger partial charge in [0.15, 0.2) is 20.2 Å². The lowest BCUT2D eigenvalue weighted by Gasteiger charge is -2.40. The van der Waals surface area contributed by atoms with E-state index in [9.17, 15) is 24.2 Å². The maximum Gasteiger partial charge on any atom is 0.695 e. The van der Waals surface area contributed by atoms with E-state index < -0.39 is 45.0 Å². The zero-order valence-corrected chi connectivity index (χ0v) is 23.7. The number of carbonyl (C=O) groups is 1. The van der Waals surface area contributed by atoms with Crippen molar-refractivity contribution in [1.29, 1.82) is 0 Å². The summed E-state index contributed by atoms with van der Waals surface area (Å²) in [5.41, 5.74) is -0.243. The van der Waals surface area contributed by atoms with E-state index >= 15 is 0 Å². The Morgan fingerprint density at radius 1 is 1.37 bits per heavy atom. The minimum atomic E-state index is -2.97. The standard InChI is InChI=1S/C20H34N5O7PSSi/c1-10(2)16(27)23-19-22-15-12(17(28)24-19)21-9-25(15)18-14(31-33(29)30)13(11(8-26)34-18)32-35(6,7)20(3,4)5/h10-11,13-14,18,21,26H,8-9H2,1-7H3,(H2-,22,23,24,27,28,29,30)/p+1/t11-,13-,14-,18-/m1/s1. The zero-order valence-electron chi connectivity index (χ0n) is 21.0. The number of aliphatic hydroxyl groups excluding tert-OH is 1. The van der Waals surface area contributed by atoms with Crippen molar-refractivity contribution in [3.8, 4) is 0 Å². The molecule has 0 spiro atoms. The smallest absolute Gasteiger partial charge is 0.410 e. The molecule has 1 aromatic rings. The van der Waals surface area contributed by atoms with E-state index in [1.807, 2.05) is 0 Å². The molecular formula is C20H35N5O7PSSi+. The Hall–Kier alpha value is -1.54. The Bertz CT molecular complexity index is 1030. The molecule has 3 heterocycles. The maximum absolute atomic E-state index is 12.7. The van der Waals surface area contributed by atoms with Crippen LogP contribution in [0.25, 0.3) is 0 Å². The highest BCUT2D eigenvalue weighted by Crippen LogP contribution is 2.48. The van der Waals surface area contributed by atoms with Crippen molar-refractivity contribution in [2.45, 2.75) is 75.6 Å². The Morgan fingerprint density at radius 3 is 2.57 bits per heavy atom. The molecule has 35 heavy (non-hydrogen) atoms. The van der Waals surface area contributed by atoms with Gasteiger partial charge in [-0.2, -0.15) is 4.98 Å². The average Bonchev–Trinajstić information content (AvgIpc) is 3.28. The van der Waals surface area contributed by atoms with Crippen LogP contribution in [0.4, 0.5) is 17.5 Å². The van der Waals surface area contributed by atoms with Crippen LogP contribution in [0.3, 0.4) is 0 Å². The summed E-state index contributed by atoms with van der Waals surface area (Å²) in [7, 11) is -5.32. The number of aromatic nitrogens is 2. The predicted molar refractivity (Wildman–Crippen MR) is 138 cm³/mol. The lowest BCUT2D eigenvalue weighted by molar-refractivity contribution is -0.118. The summed E-state index contributed by atoms with van der Waals surface area (Å²) < 4.78 is 23.9. The van der Waals surface area contributed by atoms with Gasteiger partial charge in [0.05, 0.1) is 24.6 Å². The second kappa shape index (κ2) is 10.4. The first kappa shape index (κ1) is 28.0. The molecule has 12 nitrogen and oxygen atoms in total. The number of hydrogen-bond donors (Lipinski definition) is 5. The summed E-state index contributed by atoms with van der Waals surface area (Å²) >= 11 is 1.34. The topological polar surface area (TPSA) is 166 Å². The van der Waals surface area contributed by atoms with Gasteiger partial charge in [-0.05, 0) is 18.1 Å². The number of amides is 1. The highest BCUT2D eigenvalue weighted by atomic mass is 32.2. The zero-order chi connectivity index (χ0) is 26.3. The van der Waals surface area contributed by atoms with Crippen molar-refractivity contribution in [3.63, 3.8) is 0 Å². The Balaban J connectivity index is 1.98. The minimum absolute atomic E-state index is 0.00244. The van der Waals surface area contributed by atoms with E-state index in [4.69, 9.17) is 8.95 Å². The number of anilines is 3. The van der Waals surface area contributed by atoms with E-state index in [1.54, 1.807) is 18.7 Å². The van der Waals surface area contributed by atoms with E-state index in [2.05, 4.69) is 54.5 Å². The van der Waals surface area contributed by atoms with Gasteiger partial charge in [-0.3, -0.25) is 19.9 Å². The Kier molecular flexibility index (Phi) is 8.36. The Morgan fingerprint density at radius 2 is 2.03 bits per heavy atom. The van der Waals surface area contributed by atoms with E-state index in [0.717, 1.165) is 0 Å². The Labute approximate surface area is 210 Å². The molecule has 1 amide bonds. The molecule has 0 saturated carbocycles. The summed E-state index contributed by atoms with van der Waals surface area (Å²) in [5.74, 6) is -0.341. The SMILES string of the molecule is CC(C)C(=O)Nc1nc2c(c(=O)[nH]1)NCN2[C@@H]1S[C@H](CO)[C@@H](O[Si](C)(C)C(C)(C)C)[C@H]1O[P+](=O)O. The second-order valence-corrected chi connectivity index (χ2v) is 17.3. The predicted octanol–water partition coefficient (Wildman–Crippen LogP) is 2.41. The van der Waals surface area contributed by atoms with Crippen LogP contribution in [0, 0.1) is 5.92 Å². The van der Waals surface area contributed by atoms with Crippen LogP contribution in [0.15, 0.2) is 4.79 Å². The molecule has 1 saturated heterocycles. The van der Waals surface area contributed by atoms with Crippen LogP contribution >= 0.6 is 20.0 Å². The molecule has 15 heteroatoms. The molecule has 0 aliphatic carbocycles. The first-order valence-corrected chi connectivity index (χ1v) is 16.4. The van der Waals surface area contributed by atoms with Gasteiger partial charge in [0.2, 0.25) is 11.9 Å². The fourth-order valence-electron chi connectivity index (χ4n) is 3.58. The van der Waals surface area contributed by atoms with Crippen LogP contribution in [0.5, 0.6) is 0 Å². The number of nitrogens with zero attached hydrogens (tertiary/aromatic N) is 2. The molecule has 0 aromatic carbocycles. The van der Waals surface area contributed by atoms with Gasteiger partial charge in [-0.15, -0.1) is 21.2 Å². The fraction of sp³-hybridized carbons (Fsp3) is 0.750. The molecule has 5 N–H and O–H groups in total. The molecule has 1 unspecified atom stereocenters. The molecule has 1 aromatic heterocycles. The third kappa shape index (κ3) is 5.90. The number of aliphatic hydroxyl groups is 1. The van der Waals surface area contributed by atoms with Gasteiger partial charge in [-0.1, -0.05) is 34.6 Å². The van der Waals surface area contributed by atoms with Crippen molar-refractivity contribution < 1.29 is 28.3 Å². The molecule has 0 radical (unpaired) electrons. The van der Waals surface area contributed by atoms with E-state index in [1.165, 1.54) is 11.8 Å². The lowest BCUT2D eigenvalue weighted by atomic mass is 10.1. The van der Waals surface area contributed by atoms with Crippen LogP contribution in [-0.4, -0.2) is 70.3 Å². The largest absolute Gasteiger partial charge is 0.695 e. The van der Waals surface area contributed by atoms with Gasteiger partial charge >= 0.3 is 8.25 Å². The van der Waals surface area contributed by atoms with Gasteiger partial charge in [-0.25, -0.2) is 0 Å². The number of nitrogens with one attached hydrogen (secondary N) is 3. The van der Waals surface area contributed by atoms with E-state index in [0.29, 0.717) is 0 Å².